The Hall–Kier alpha value is -0.980. The molecule has 0 radical (unpaired) electrons. The number of hydrogen-bond donors (Lipinski definition) is 1. The van der Waals surface area contributed by atoms with E-state index in [1.54, 1.807) is 26.0 Å². The lowest BCUT2D eigenvalue weighted by Gasteiger charge is -2.14. The summed E-state index contributed by atoms with van der Waals surface area (Å²) in [6, 6.07) is 3.40. The van der Waals surface area contributed by atoms with Crippen molar-refractivity contribution in [2.24, 2.45) is 5.73 Å². The molecule has 0 saturated heterocycles. The van der Waals surface area contributed by atoms with Crippen LogP contribution < -0.4 is 15.2 Å². The molecule has 5 nitrogen and oxygen atoms in total. The van der Waals surface area contributed by atoms with Gasteiger partial charge < -0.3 is 15.2 Å². The molecule has 0 fully saturated rings. The minimum absolute atomic E-state index is 0.0264. The molecule has 0 atom stereocenters. The first-order chi connectivity index (χ1) is 9.31. The first-order valence-electron chi connectivity index (χ1n) is 6.22. The van der Waals surface area contributed by atoms with Crippen LogP contribution >= 0.6 is 11.6 Å². The van der Waals surface area contributed by atoms with E-state index in [1.807, 2.05) is 0 Å². The van der Waals surface area contributed by atoms with Crippen molar-refractivity contribution in [1.82, 2.24) is 0 Å². The highest BCUT2D eigenvalue weighted by Crippen LogP contribution is 2.36. The van der Waals surface area contributed by atoms with E-state index in [2.05, 4.69) is 0 Å². The lowest BCUT2D eigenvalue weighted by Crippen LogP contribution is -2.22. The zero-order valence-electron chi connectivity index (χ0n) is 11.8. The van der Waals surface area contributed by atoms with Gasteiger partial charge in [0.15, 0.2) is 21.3 Å². The Morgan fingerprint density at radius 3 is 2.50 bits per heavy atom. The van der Waals surface area contributed by atoms with Gasteiger partial charge in [0.1, 0.15) is 6.61 Å². The molecule has 0 aliphatic heterocycles. The van der Waals surface area contributed by atoms with Gasteiger partial charge in [-0.2, -0.15) is 0 Å². The third-order valence-electron chi connectivity index (χ3n) is 2.86. The zero-order chi connectivity index (χ0) is 15.3. The van der Waals surface area contributed by atoms with E-state index >= 15 is 0 Å². The molecule has 1 rings (SSSR count). The topological polar surface area (TPSA) is 78.6 Å². The first kappa shape index (κ1) is 17.1. The zero-order valence-corrected chi connectivity index (χ0v) is 13.4. The fraction of sp³-hybridized carbons (Fsp3) is 0.538. The summed E-state index contributed by atoms with van der Waals surface area (Å²) in [7, 11) is -1.65. The van der Waals surface area contributed by atoms with Gasteiger partial charge in [-0.25, -0.2) is 8.42 Å². The van der Waals surface area contributed by atoms with Gasteiger partial charge in [0.05, 0.1) is 23.1 Å². The maximum atomic E-state index is 11.7. The molecule has 0 aliphatic carbocycles. The Kier molecular flexibility index (Phi) is 6.10. The number of hydrogen-bond acceptors (Lipinski definition) is 5. The molecule has 0 aliphatic rings. The van der Waals surface area contributed by atoms with Crippen LogP contribution in [0.4, 0.5) is 0 Å². The Morgan fingerprint density at radius 1 is 1.35 bits per heavy atom. The van der Waals surface area contributed by atoms with E-state index in [9.17, 15) is 8.42 Å². The lowest BCUT2D eigenvalue weighted by atomic mass is 10.2. The van der Waals surface area contributed by atoms with Crippen molar-refractivity contribution in [3.05, 3.63) is 22.7 Å². The van der Waals surface area contributed by atoms with Crippen molar-refractivity contribution in [3.8, 4) is 11.5 Å². The summed E-state index contributed by atoms with van der Waals surface area (Å²) in [5.41, 5.74) is 6.36. The van der Waals surface area contributed by atoms with Gasteiger partial charge in [-0.05, 0) is 31.5 Å². The summed E-state index contributed by atoms with van der Waals surface area (Å²) in [5.74, 6) is 0.716. The molecule has 0 amide bonds. The molecular weight excluding hydrogens is 302 g/mol. The second-order valence-corrected chi connectivity index (χ2v) is 7.66. The predicted octanol–water partition coefficient (Wildman–Crippen LogP) is 2.01. The molecule has 1 aromatic rings. The molecule has 0 unspecified atom stereocenters. The van der Waals surface area contributed by atoms with Crippen LogP contribution in [-0.4, -0.2) is 33.1 Å². The summed E-state index contributed by atoms with van der Waals surface area (Å²) in [6.07, 6.45) is 0. The summed E-state index contributed by atoms with van der Waals surface area (Å²) >= 11 is 6.09. The standard InChI is InChI=1S/C13H20ClNO4S/c1-9(2)20(16,17)5-4-19-13-11(14)6-10(8-15)7-12(13)18-3/h6-7,9H,4-5,8,15H2,1-3H3. The Labute approximate surface area is 124 Å². The number of sulfone groups is 1. The van der Waals surface area contributed by atoms with Gasteiger partial charge in [0.25, 0.3) is 0 Å². The van der Waals surface area contributed by atoms with Crippen molar-refractivity contribution in [3.63, 3.8) is 0 Å². The molecule has 0 aromatic heterocycles. The number of halogens is 1. The molecule has 7 heteroatoms. The highest BCUT2D eigenvalue weighted by Gasteiger charge is 2.17. The Balaban J connectivity index is 2.83. The third kappa shape index (κ3) is 4.26. The van der Waals surface area contributed by atoms with Gasteiger partial charge in [0, 0.05) is 6.54 Å². The fourth-order valence-electron chi connectivity index (χ4n) is 1.53. The number of ether oxygens (including phenoxy) is 2. The van der Waals surface area contributed by atoms with Crippen LogP contribution in [0.2, 0.25) is 5.02 Å². The van der Waals surface area contributed by atoms with E-state index in [0.717, 1.165) is 5.56 Å². The molecular formula is C13H20ClNO4S. The fourth-order valence-corrected chi connectivity index (χ4v) is 2.60. The van der Waals surface area contributed by atoms with Crippen molar-refractivity contribution in [2.75, 3.05) is 19.5 Å². The Morgan fingerprint density at radius 2 is 2.00 bits per heavy atom. The van der Waals surface area contributed by atoms with E-state index in [0.29, 0.717) is 23.1 Å². The molecule has 0 spiro atoms. The van der Waals surface area contributed by atoms with Crippen molar-refractivity contribution < 1.29 is 17.9 Å². The molecule has 0 bridgehead atoms. The van der Waals surface area contributed by atoms with Crippen LogP contribution in [0, 0.1) is 0 Å². The summed E-state index contributed by atoms with van der Waals surface area (Å²) < 4.78 is 34.1. The van der Waals surface area contributed by atoms with E-state index in [1.165, 1.54) is 7.11 Å². The molecule has 0 heterocycles. The smallest absolute Gasteiger partial charge is 0.179 e. The van der Waals surface area contributed by atoms with Crippen LogP contribution in [0.5, 0.6) is 11.5 Å². The Bertz CT molecular complexity index is 558. The van der Waals surface area contributed by atoms with Gasteiger partial charge in [0.2, 0.25) is 0 Å². The quantitative estimate of drug-likeness (QED) is 0.831. The number of nitrogens with two attached hydrogens (primary N) is 1. The lowest BCUT2D eigenvalue weighted by molar-refractivity contribution is 0.311. The van der Waals surface area contributed by atoms with E-state index in [4.69, 9.17) is 26.8 Å². The van der Waals surface area contributed by atoms with Gasteiger partial charge >= 0.3 is 0 Å². The average Bonchev–Trinajstić information content (AvgIpc) is 2.39. The second kappa shape index (κ2) is 7.15. The highest BCUT2D eigenvalue weighted by atomic mass is 35.5. The second-order valence-electron chi connectivity index (χ2n) is 4.58. The largest absolute Gasteiger partial charge is 0.493 e. The van der Waals surface area contributed by atoms with Crippen LogP contribution in [0.15, 0.2) is 12.1 Å². The predicted molar refractivity (Wildman–Crippen MR) is 80.3 cm³/mol. The van der Waals surface area contributed by atoms with Gasteiger partial charge in [-0.1, -0.05) is 11.6 Å². The van der Waals surface area contributed by atoms with Gasteiger partial charge in [-0.15, -0.1) is 0 Å². The minimum atomic E-state index is -3.14. The van der Waals surface area contributed by atoms with Crippen LogP contribution in [0.1, 0.15) is 19.4 Å². The molecule has 1 aromatic carbocycles. The molecule has 2 N–H and O–H groups in total. The molecule has 0 saturated carbocycles. The van der Waals surface area contributed by atoms with Crippen molar-refractivity contribution in [2.45, 2.75) is 25.6 Å². The van der Waals surface area contributed by atoms with E-state index in [-0.39, 0.29) is 12.4 Å². The third-order valence-corrected chi connectivity index (χ3v) is 5.31. The number of methoxy groups -OCH3 is 1. The van der Waals surface area contributed by atoms with Crippen molar-refractivity contribution >= 4 is 21.4 Å². The minimum Gasteiger partial charge on any atom is -0.493 e. The van der Waals surface area contributed by atoms with Crippen molar-refractivity contribution in [1.29, 1.82) is 0 Å². The normalized spacial score (nSPS) is 11.7. The monoisotopic (exact) mass is 321 g/mol. The summed E-state index contributed by atoms with van der Waals surface area (Å²) in [5, 5.41) is -0.0742. The summed E-state index contributed by atoms with van der Waals surface area (Å²) in [4.78, 5) is 0. The van der Waals surface area contributed by atoms with Crippen LogP contribution in [0.25, 0.3) is 0 Å². The van der Waals surface area contributed by atoms with Gasteiger partial charge in [-0.3, -0.25) is 0 Å². The first-order valence-corrected chi connectivity index (χ1v) is 8.32. The van der Waals surface area contributed by atoms with E-state index < -0.39 is 15.1 Å². The molecule has 114 valence electrons. The number of benzene rings is 1. The summed E-state index contributed by atoms with van der Waals surface area (Å²) in [6.45, 7) is 3.63. The average molecular weight is 322 g/mol. The SMILES string of the molecule is COc1cc(CN)cc(Cl)c1OCCS(=O)(=O)C(C)C. The number of rotatable bonds is 7. The highest BCUT2D eigenvalue weighted by molar-refractivity contribution is 7.91. The maximum absolute atomic E-state index is 11.7. The molecule has 20 heavy (non-hydrogen) atoms. The maximum Gasteiger partial charge on any atom is 0.179 e. The van der Waals surface area contributed by atoms with Crippen LogP contribution in [0.3, 0.4) is 0 Å². The van der Waals surface area contributed by atoms with Crippen LogP contribution in [-0.2, 0) is 16.4 Å².